The molecule has 0 fully saturated rings. The minimum atomic E-state index is -0.980. The maximum absolute atomic E-state index is 13.4. The van der Waals surface area contributed by atoms with Crippen LogP contribution < -0.4 is 0 Å². The molecule has 1 aromatic rings. The lowest BCUT2D eigenvalue weighted by Gasteiger charge is -2.05. The third-order valence-corrected chi connectivity index (χ3v) is 2.15. The van der Waals surface area contributed by atoms with E-state index in [0.29, 0.717) is 0 Å². The molecule has 6 nitrogen and oxygen atoms in total. The quantitative estimate of drug-likeness (QED) is 0.485. The molecule has 0 heterocycles. The fourth-order valence-corrected chi connectivity index (χ4v) is 1.34. The molecule has 0 aliphatic carbocycles. The van der Waals surface area contributed by atoms with Gasteiger partial charge in [-0.15, -0.1) is 0 Å². The minimum Gasteiger partial charge on any atom is -0.465 e. The minimum absolute atomic E-state index is 0.0214. The number of carbonyl (C=O) groups excluding carboxylic acids is 1. The Bertz CT molecular complexity index is 460. The fourth-order valence-electron chi connectivity index (χ4n) is 1.34. The molecular formula is C10H10FNO5. The Morgan fingerprint density at radius 2 is 2.24 bits per heavy atom. The number of nitro groups is 1. The second-order valence-corrected chi connectivity index (χ2v) is 3.18. The Balaban J connectivity index is 3.35. The summed E-state index contributed by atoms with van der Waals surface area (Å²) in [5, 5.41) is 19.4. The first kappa shape index (κ1) is 13.0. The predicted molar refractivity (Wildman–Crippen MR) is 55.2 cm³/mol. The molecule has 0 unspecified atom stereocenters. The Morgan fingerprint density at radius 1 is 1.59 bits per heavy atom. The van der Waals surface area contributed by atoms with Gasteiger partial charge >= 0.3 is 5.97 Å². The van der Waals surface area contributed by atoms with Gasteiger partial charge in [-0.3, -0.25) is 10.1 Å². The number of hydrogen-bond acceptors (Lipinski definition) is 5. The molecule has 0 radical (unpaired) electrons. The van der Waals surface area contributed by atoms with E-state index >= 15 is 0 Å². The largest absolute Gasteiger partial charge is 0.465 e. The van der Waals surface area contributed by atoms with E-state index in [2.05, 4.69) is 4.74 Å². The first-order valence-corrected chi connectivity index (χ1v) is 4.67. The Hall–Kier alpha value is -2.02. The van der Waals surface area contributed by atoms with E-state index in [1.165, 1.54) is 0 Å². The average Bonchev–Trinajstić information content (AvgIpc) is 2.30. The number of halogens is 1. The fraction of sp³-hybridized carbons (Fsp3) is 0.300. The van der Waals surface area contributed by atoms with Crippen molar-refractivity contribution >= 4 is 11.7 Å². The number of aliphatic hydroxyl groups is 1. The van der Waals surface area contributed by atoms with Crippen LogP contribution in [0.1, 0.15) is 15.9 Å². The van der Waals surface area contributed by atoms with Crippen LogP contribution in [0.3, 0.4) is 0 Å². The van der Waals surface area contributed by atoms with E-state index in [9.17, 15) is 19.3 Å². The van der Waals surface area contributed by atoms with Crippen LogP contribution in [0.25, 0.3) is 0 Å². The molecule has 0 aromatic heterocycles. The molecule has 1 N–H and O–H groups in total. The molecule has 0 aliphatic rings. The molecule has 0 saturated heterocycles. The number of hydrogen-bond donors (Lipinski definition) is 1. The lowest BCUT2D eigenvalue weighted by atomic mass is 10.1. The standard InChI is InChI=1S/C10H10FNO5/c1-17-10(14)7-5-8(11)6(2-3-13)4-9(7)12(15)16/h4-5,13H,2-3H2,1H3. The maximum Gasteiger partial charge on any atom is 0.344 e. The second kappa shape index (κ2) is 5.35. The zero-order chi connectivity index (χ0) is 13.0. The van der Waals surface area contributed by atoms with Gasteiger partial charge in [0.25, 0.3) is 5.69 Å². The normalized spacial score (nSPS) is 10.1. The molecule has 0 bridgehead atoms. The van der Waals surface area contributed by atoms with Gasteiger partial charge in [-0.1, -0.05) is 0 Å². The summed E-state index contributed by atoms with van der Waals surface area (Å²) in [7, 11) is 1.05. The highest BCUT2D eigenvalue weighted by Gasteiger charge is 2.23. The van der Waals surface area contributed by atoms with Crippen molar-refractivity contribution in [2.45, 2.75) is 6.42 Å². The van der Waals surface area contributed by atoms with Crippen molar-refractivity contribution in [3.63, 3.8) is 0 Å². The summed E-state index contributed by atoms with van der Waals surface area (Å²) in [6, 6.07) is 1.67. The van der Waals surface area contributed by atoms with E-state index in [1.807, 2.05) is 0 Å². The van der Waals surface area contributed by atoms with Gasteiger partial charge in [0.2, 0.25) is 0 Å². The van der Waals surface area contributed by atoms with Crippen LogP contribution in [0.2, 0.25) is 0 Å². The van der Waals surface area contributed by atoms with Gasteiger partial charge in [0.1, 0.15) is 11.4 Å². The topological polar surface area (TPSA) is 89.7 Å². The van der Waals surface area contributed by atoms with Crippen molar-refractivity contribution in [3.05, 3.63) is 39.2 Å². The van der Waals surface area contributed by atoms with Crippen LogP contribution in [-0.2, 0) is 11.2 Å². The number of ether oxygens (including phenoxy) is 1. The van der Waals surface area contributed by atoms with E-state index in [4.69, 9.17) is 5.11 Å². The SMILES string of the molecule is COC(=O)c1cc(F)c(CCO)cc1[N+](=O)[O-]. The van der Waals surface area contributed by atoms with E-state index in [1.54, 1.807) is 0 Å². The third kappa shape index (κ3) is 2.76. The molecule has 0 spiro atoms. The van der Waals surface area contributed by atoms with Crippen LogP contribution >= 0.6 is 0 Å². The summed E-state index contributed by atoms with van der Waals surface area (Å²) in [6.45, 7) is -0.342. The zero-order valence-electron chi connectivity index (χ0n) is 8.97. The highest BCUT2D eigenvalue weighted by atomic mass is 19.1. The van der Waals surface area contributed by atoms with E-state index in [0.717, 1.165) is 19.2 Å². The van der Waals surface area contributed by atoms with Crippen molar-refractivity contribution < 1.29 is 24.0 Å². The van der Waals surface area contributed by atoms with Crippen LogP contribution in [-0.4, -0.2) is 29.7 Å². The first-order chi connectivity index (χ1) is 8.01. The number of aliphatic hydroxyl groups excluding tert-OH is 1. The van der Waals surface area contributed by atoms with Gasteiger partial charge < -0.3 is 9.84 Å². The lowest BCUT2D eigenvalue weighted by Crippen LogP contribution is -2.08. The Kier molecular flexibility index (Phi) is 4.11. The summed E-state index contributed by atoms with van der Waals surface area (Å²) in [4.78, 5) is 21.1. The highest BCUT2D eigenvalue weighted by Crippen LogP contribution is 2.24. The monoisotopic (exact) mass is 243 g/mol. The van der Waals surface area contributed by atoms with Gasteiger partial charge in [0, 0.05) is 12.7 Å². The van der Waals surface area contributed by atoms with Crippen molar-refractivity contribution in [3.8, 4) is 0 Å². The van der Waals surface area contributed by atoms with Gasteiger partial charge in [-0.2, -0.15) is 0 Å². The zero-order valence-corrected chi connectivity index (χ0v) is 8.97. The van der Waals surface area contributed by atoms with Gasteiger partial charge in [-0.05, 0) is 18.1 Å². The van der Waals surface area contributed by atoms with Crippen molar-refractivity contribution in [2.75, 3.05) is 13.7 Å². The molecule has 17 heavy (non-hydrogen) atoms. The molecule has 0 amide bonds. The van der Waals surface area contributed by atoms with Crippen molar-refractivity contribution in [1.82, 2.24) is 0 Å². The van der Waals surface area contributed by atoms with Gasteiger partial charge in [0.15, 0.2) is 0 Å². The summed E-state index contributed by atoms with van der Waals surface area (Å²) in [5.41, 5.74) is -1.01. The summed E-state index contributed by atoms with van der Waals surface area (Å²) in [5.74, 6) is -1.77. The van der Waals surface area contributed by atoms with Crippen LogP contribution in [0.5, 0.6) is 0 Å². The second-order valence-electron chi connectivity index (χ2n) is 3.18. The number of carbonyl (C=O) groups is 1. The molecule has 7 heteroatoms. The average molecular weight is 243 g/mol. The number of rotatable bonds is 4. The summed E-state index contributed by atoms with van der Waals surface area (Å²) in [6.07, 6.45) is -0.0614. The number of nitro benzene ring substituents is 1. The smallest absolute Gasteiger partial charge is 0.344 e. The number of esters is 1. The number of methoxy groups -OCH3 is 1. The first-order valence-electron chi connectivity index (χ1n) is 4.67. The highest BCUT2D eigenvalue weighted by molar-refractivity contribution is 5.94. The van der Waals surface area contributed by atoms with Gasteiger partial charge in [0.05, 0.1) is 12.0 Å². The Morgan fingerprint density at radius 3 is 2.71 bits per heavy atom. The number of benzene rings is 1. The summed E-state index contributed by atoms with van der Waals surface area (Å²) >= 11 is 0. The lowest BCUT2D eigenvalue weighted by molar-refractivity contribution is -0.385. The van der Waals surface area contributed by atoms with Crippen molar-refractivity contribution in [2.24, 2.45) is 0 Å². The van der Waals surface area contributed by atoms with Crippen LogP contribution in [0, 0.1) is 15.9 Å². The van der Waals surface area contributed by atoms with Gasteiger partial charge in [-0.25, -0.2) is 9.18 Å². The van der Waals surface area contributed by atoms with E-state index < -0.39 is 28.0 Å². The van der Waals surface area contributed by atoms with Crippen LogP contribution in [0.4, 0.5) is 10.1 Å². The molecule has 1 aromatic carbocycles. The summed E-state index contributed by atoms with van der Waals surface area (Å²) < 4.78 is 17.8. The maximum atomic E-state index is 13.4. The molecule has 0 saturated carbocycles. The molecular weight excluding hydrogens is 233 g/mol. The van der Waals surface area contributed by atoms with Crippen molar-refractivity contribution in [1.29, 1.82) is 0 Å². The molecule has 92 valence electrons. The molecule has 1 rings (SSSR count). The molecule has 0 atom stereocenters. The molecule has 0 aliphatic heterocycles. The number of nitrogens with zero attached hydrogens (tertiary/aromatic N) is 1. The Labute approximate surface area is 95.8 Å². The third-order valence-electron chi connectivity index (χ3n) is 2.15. The predicted octanol–water partition coefficient (Wildman–Crippen LogP) is 1.06. The van der Waals surface area contributed by atoms with E-state index in [-0.39, 0.29) is 18.6 Å². The van der Waals surface area contributed by atoms with Crippen LogP contribution in [0.15, 0.2) is 12.1 Å².